The number of aryl methyl sites for hydroxylation is 2. The van der Waals surface area contributed by atoms with E-state index in [4.69, 9.17) is 0 Å². The predicted molar refractivity (Wildman–Crippen MR) is 99.9 cm³/mol. The molecule has 0 amide bonds. The van der Waals surface area contributed by atoms with E-state index < -0.39 is 0 Å². The van der Waals surface area contributed by atoms with Crippen LogP contribution in [-0.2, 0) is 19.5 Å². The molecule has 0 unspecified atom stereocenters. The smallest absolute Gasteiger partial charge is 0.191 e. The molecular weight excluding hydrogens is 413 g/mol. The third kappa shape index (κ3) is 5.52. The normalized spacial score (nSPS) is 11.1. The van der Waals surface area contributed by atoms with E-state index in [2.05, 4.69) is 44.7 Å². The van der Waals surface area contributed by atoms with Gasteiger partial charge < -0.3 is 15.2 Å². The van der Waals surface area contributed by atoms with Gasteiger partial charge in [0, 0.05) is 37.6 Å². The van der Waals surface area contributed by atoms with Gasteiger partial charge in [-0.1, -0.05) is 6.92 Å². The Kier molecular flexibility index (Phi) is 8.31. The minimum absolute atomic E-state index is 0. The molecule has 2 rings (SSSR count). The van der Waals surface area contributed by atoms with Crippen LogP contribution in [0.25, 0.3) is 0 Å². The summed E-state index contributed by atoms with van der Waals surface area (Å²) in [6.45, 7) is 6.39. The Balaban J connectivity index is 0.00000242. The lowest BCUT2D eigenvalue weighted by molar-refractivity contribution is 0.632. The number of rotatable bonds is 6. The van der Waals surface area contributed by atoms with Crippen molar-refractivity contribution in [3.8, 4) is 0 Å². The summed E-state index contributed by atoms with van der Waals surface area (Å²) in [7, 11) is 1.76. The second-order valence-electron chi connectivity index (χ2n) is 4.51. The fourth-order valence-corrected chi connectivity index (χ4v) is 2.62. The fourth-order valence-electron chi connectivity index (χ4n) is 1.90. The number of guanidine groups is 1. The van der Waals surface area contributed by atoms with Crippen molar-refractivity contribution < 1.29 is 0 Å². The molecular formula is C13H22IN7S. The Hall–Kier alpha value is -1.23. The van der Waals surface area contributed by atoms with Crippen LogP contribution in [-0.4, -0.2) is 39.3 Å². The highest BCUT2D eigenvalue weighted by Crippen LogP contribution is 2.10. The Bertz CT molecular complexity index is 593. The topological polar surface area (TPSA) is 80.0 Å². The minimum atomic E-state index is 0. The molecule has 0 bridgehead atoms. The highest BCUT2D eigenvalue weighted by atomic mass is 127. The van der Waals surface area contributed by atoms with Gasteiger partial charge in [0.2, 0.25) is 0 Å². The van der Waals surface area contributed by atoms with Crippen LogP contribution in [0.15, 0.2) is 17.5 Å². The Morgan fingerprint density at radius 1 is 1.41 bits per heavy atom. The molecule has 0 aliphatic carbocycles. The summed E-state index contributed by atoms with van der Waals surface area (Å²) < 4.78 is 2.05. The van der Waals surface area contributed by atoms with Gasteiger partial charge in [0.15, 0.2) is 5.96 Å². The third-order valence-electron chi connectivity index (χ3n) is 2.96. The molecule has 0 spiro atoms. The lowest BCUT2D eigenvalue weighted by Gasteiger charge is -2.11. The Morgan fingerprint density at radius 3 is 2.86 bits per heavy atom. The number of thiazole rings is 1. The number of hydrogen-bond donors (Lipinski definition) is 2. The molecule has 0 atom stereocenters. The monoisotopic (exact) mass is 435 g/mol. The van der Waals surface area contributed by atoms with Gasteiger partial charge in [-0.05, 0) is 6.92 Å². The van der Waals surface area contributed by atoms with Crippen LogP contribution in [0, 0.1) is 6.92 Å². The maximum Gasteiger partial charge on any atom is 0.191 e. The van der Waals surface area contributed by atoms with Crippen LogP contribution in [0.2, 0.25) is 0 Å². The maximum atomic E-state index is 4.32. The first-order valence-electron chi connectivity index (χ1n) is 6.95. The molecule has 22 heavy (non-hydrogen) atoms. The molecule has 0 aliphatic rings. The summed E-state index contributed by atoms with van der Waals surface area (Å²) in [6, 6.07) is 0. The van der Waals surface area contributed by atoms with Crippen molar-refractivity contribution in [1.29, 1.82) is 0 Å². The number of nitrogens with zero attached hydrogens (tertiary/aromatic N) is 5. The highest BCUT2D eigenvalue weighted by molar-refractivity contribution is 14.0. The van der Waals surface area contributed by atoms with Crippen molar-refractivity contribution in [3.63, 3.8) is 0 Å². The first kappa shape index (κ1) is 18.8. The van der Waals surface area contributed by atoms with Crippen molar-refractivity contribution in [2.75, 3.05) is 13.6 Å². The van der Waals surface area contributed by atoms with Gasteiger partial charge in [0.25, 0.3) is 0 Å². The molecule has 9 heteroatoms. The zero-order valence-corrected chi connectivity index (χ0v) is 16.2. The van der Waals surface area contributed by atoms with Crippen molar-refractivity contribution in [2.24, 2.45) is 4.99 Å². The molecule has 2 aromatic rings. The molecule has 0 aliphatic heterocycles. The first-order chi connectivity index (χ1) is 10.2. The van der Waals surface area contributed by atoms with E-state index in [0.717, 1.165) is 36.3 Å². The van der Waals surface area contributed by atoms with Gasteiger partial charge in [-0.15, -0.1) is 45.5 Å². The van der Waals surface area contributed by atoms with Crippen LogP contribution in [0.5, 0.6) is 0 Å². The van der Waals surface area contributed by atoms with Crippen LogP contribution < -0.4 is 10.6 Å². The van der Waals surface area contributed by atoms with Gasteiger partial charge in [-0.3, -0.25) is 4.99 Å². The second-order valence-corrected chi connectivity index (χ2v) is 5.83. The molecule has 0 aromatic carbocycles. The molecule has 122 valence electrons. The number of nitrogens with one attached hydrogen (secondary N) is 2. The second kappa shape index (κ2) is 9.72. The summed E-state index contributed by atoms with van der Waals surface area (Å²) in [5, 5.41) is 15.6. The van der Waals surface area contributed by atoms with E-state index >= 15 is 0 Å². The van der Waals surface area contributed by atoms with Crippen molar-refractivity contribution in [2.45, 2.75) is 33.4 Å². The molecule has 0 saturated heterocycles. The standard InChI is InChI=1S/C13H21N7S.HI/c1-4-11-19-18-9-20(11)6-5-15-13(14-3)17-8-12-16-7-10(2)21-12;/h7,9H,4-6,8H2,1-3H3,(H2,14,15,17);1H. The maximum absolute atomic E-state index is 4.32. The Labute approximate surface area is 151 Å². The molecule has 2 heterocycles. The van der Waals surface area contributed by atoms with E-state index in [0.29, 0.717) is 6.54 Å². The summed E-state index contributed by atoms with van der Waals surface area (Å²) >= 11 is 1.69. The summed E-state index contributed by atoms with van der Waals surface area (Å²) in [4.78, 5) is 9.74. The van der Waals surface area contributed by atoms with Crippen molar-refractivity contribution >= 4 is 41.3 Å². The van der Waals surface area contributed by atoms with Crippen LogP contribution in [0.3, 0.4) is 0 Å². The van der Waals surface area contributed by atoms with E-state index in [1.807, 2.05) is 10.8 Å². The van der Waals surface area contributed by atoms with E-state index in [1.165, 1.54) is 4.88 Å². The van der Waals surface area contributed by atoms with Gasteiger partial charge in [-0.2, -0.15) is 0 Å². The predicted octanol–water partition coefficient (Wildman–Crippen LogP) is 1.59. The lowest BCUT2D eigenvalue weighted by atomic mass is 10.4. The molecule has 0 radical (unpaired) electrons. The number of halogens is 1. The molecule has 2 aromatic heterocycles. The van der Waals surface area contributed by atoms with Crippen molar-refractivity contribution in [1.82, 2.24) is 30.4 Å². The van der Waals surface area contributed by atoms with Gasteiger partial charge in [0.1, 0.15) is 17.2 Å². The molecule has 0 saturated carbocycles. The SMILES string of the molecule is CCc1nncn1CCNC(=NC)NCc1ncc(C)s1.I. The summed E-state index contributed by atoms with van der Waals surface area (Å²) in [5.41, 5.74) is 0. The van der Waals surface area contributed by atoms with Crippen molar-refractivity contribution in [3.05, 3.63) is 28.2 Å². The Morgan fingerprint density at radius 2 is 2.23 bits per heavy atom. The largest absolute Gasteiger partial charge is 0.355 e. The van der Waals surface area contributed by atoms with Crippen LogP contribution in [0.1, 0.15) is 22.6 Å². The molecule has 0 fully saturated rings. The molecule has 7 nitrogen and oxygen atoms in total. The van der Waals surface area contributed by atoms with Crippen LogP contribution in [0.4, 0.5) is 0 Å². The number of aromatic nitrogens is 4. The average molecular weight is 435 g/mol. The number of hydrogen-bond acceptors (Lipinski definition) is 5. The van der Waals surface area contributed by atoms with E-state index in [9.17, 15) is 0 Å². The van der Waals surface area contributed by atoms with Crippen LogP contribution >= 0.6 is 35.3 Å². The van der Waals surface area contributed by atoms with E-state index in [-0.39, 0.29) is 24.0 Å². The minimum Gasteiger partial charge on any atom is -0.355 e. The van der Waals surface area contributed by atoms with Gasteiger partial charge in [-0.25, -0.2) is 4.98 Å². The lowest BCUT2D eigenvalue weighted by Crippen LogP contribution is -2.38. The zero-order chi connectivity index (χ0) is 15.1. The number of aliphatic imine (C=N–C) groups is 1. The van der Waals surface area contributed by atoms with Gasteiger partial charge in [0.05, 0.1) is 6.54 Å². The third-order valence-corrected chi connectivity index (χ3v) is 3.87. The van der Waals surface area contributed by atoms with Gasteiger partial charge >= 0.3 is 0 Å². The summed E-state index contributed by atoms with van der Waals surface area (Å²) in [5.74, 6) is 1.77. The summed E-state index contributed by atoms with van der Waals surface area (Å²) in [6.07, 6.45) is 4.53. The first-order valence-corrected chi connectivity index (χ1v) is 7.77. The zero-order valence-electron chi connectivity index (χ0n) is 13.0. The average Bonchev–Trinajstić information content (AvgIpc) is 3.11. The highest BCUT2D eigenvalue weighted by Gasteiger charge is 2.03. The van der Waals surface area contributed by atoms with E-state index in [1.54, 1.807) is 24.7 Å². The quantitative estimate of drug-likeness (QED) is 0.409. The molecule has 2 N–H and O–H groups in total. The fraction of sp³-hybridized carbons (Fsp3) is 0.538.